The van der Waals surface area contributed by atoms with Gasteiger partial charge in [0.25, 0.3) is 0 Å². The molecule has 0 radical (unpaired) electrons. The number of amides is 1. The Morgan fingerprint density at radius 1 is 1.33 bits per heavy atom. The van der Waals surface area contributed by atoms with Crippen LogP contribution in [0.3, 0.4) is 0 Å². The van der Waals surface area contributed by atoms with Crippen molar-refractivity contribution in [3.8, 4) is 5.75 Å². The lowest BCUT2D eigenvalue weighted by Crippen LogP contribution is -2.31. The fraction of sp³-hybridized carbons (Fsp3) is 0.333. The van der Waals surface area contributed by atoms with Crippen molar-refractivity contribution in [3.63, 3.8) is 0 Å². The summed E-state index contributed by atoms with van der Waals surface area (Å²) in [4.78, 5) is 12.0. The van der Waals surface area contributed by atoms with E-state index in [2.05, 4.69) is 20.5 Å². The molecule has 2 aromatic rings. The number of aromatic nitrogens is 1. The number of nitrogens with one attached hydrogen (secondary N) is 2. The molecule has 0 spiro atoms. The largest absolute Gasteiger partial charge is 0.484 e. The molecule has 2 N–H and O–H groups in total. The fourth-order valence-corrected chi connectivity index (χ4v) is 1.78. The molecule has 0 aliphatic rings. The summed E-state index contributed by atoms with van der Waals surface area (Å²) in [5, 5.41) is 9.12. The highest BCUT2D eigenvalue weighted by Gasteiger charge is 2.28. The van der Waals surface area contributed by atoms with Crippen molar-refractivity contribution in [1.29, 1.82) is 0 Å². The molecule has 0 unspecified atom stereocenters. The second kappa shape index (κ2) is 7.24. The van der Waals surface area contributed by atoms with Gasteiger partial charge in [0.05, 0.1) is 5.69 Å². The Kier molecular flexibility index (Phi) is 5.32. The van der Waals surface area contributed by atoms with Crippen LogP contribution < -0.4 is 15.4 Å². The van der Waals surface area contributed by atoms with E-state index in [1.807, 2.05) is 0 Å². The van der Waals surface area contributed by atoms with E-state index in [4.69, 9.17) is 4.52 Å². The summed E-state index contributed by atoms with van der Waals surface area (Å²) in [5.41, 5.74) is 1.20. The van der Waals surface area contributed by atoms with Crippen molar-refractivity contribution < 1.29 is 27.2 Å². The number of aryl methyl sites for hydroxylation is 1. The van der Waals surface area contributed by atoms with E-state index < -0.39 is 18.8 Å². The van der Waals surface area contributed by atoms with Gasteiger partial charge in [0.15, 0.2) is 6.61 Å². The topological polar surface area (TPSA) is 76.4 Å². The lowest BCUT2D eigenvalue weighted by molar-refractivity contribution is -0.153. The summed E-state index contributed by atoms with van der Waals surface area (Å²) in [6.07, 6.45) is -4.39. The maximum atomic E-state index is 12.1. The van der Waals surface area contributed by atoms with Gasteiger partial charge < -0.3 is 14.6 Å². The highest BCUT2D eigenvalue weighted by molar-refractivity contribution is 5.95. The van der Waals surface area contributed by atoms with E-state index in [1.165, 1.54) is 24.3 Å². The Bertz CT molecular complexity index is 683. The molecule has 0 aliphatic carbocycles. The van der Waals surface area contributed by atoms with Crippen molar-refractivity contribution in [2.75, 3.05) is 17.2 Å². The number of nitrogens with zero attached hydrogens (tertiary/aromatic N) is 1. The van der Waals surface area contributed by atoms with Gasteiger partial charge >= 0.3 is 6.18 Å². The molecular formula is C15H16F3N3O3. The average Bonchev–Trinajstić information content (AvgIpc) is 2.91. The number of carbonyl (C=O) groups excluding carboxylic acids is 1. The molecule has 1 amide bonds. The Morgan fingerprint density at radius 2 is 2.00 bits per heavy atom. The molecule has 130 valence electrons. The van der Waals surface area contributed by atoms with Crippen molar-refractivity contribution >= 4 is 17.5 Å². The zero-order valence-electron chi connectivity index (χ0n) is 13.0. The number of ether oxygens (including phenoxy) is 1. The summed E-state index contributed by atoms with van der Waals surface area (Å²) >= 11 is 0. The van der Waals surface area contributed by atoms with Gasteiger partial charge in [-0.3, -0.25) is 10.1 Å². The summed E-state index contributed by atoms with van der Waals surface area (Å²) < 4.78 is 45.7. The van der Waals surface area contributed by atoms with Crippen LogP contribution in [0.1, 0.15) is 12.6 Å². The Hall–Kier alpha value is -2.71. The second-order valence-corrected chi connectivity index (χ2v) is 5.12. The maximum absolute atomic E-state index is 12.1. The van der Waals surface area contributed by atoms with Crippen LogP contribution in [0.4, 0.5) is 24.7 Å². The average molecular weight is 343 g/mol. The summed E-state index contributed by atoms with van der Waals surface area (Å²) in [7, 11) is 0. The van der Waals surface area contributed by atoms with E-state index in [1.54, 1.807) is 19.9 Å². The van der Waals surface area contributed by atoms with E-state index in [-0.39, 0.29) is 17.5 Å². The predicted octanol–water partition coefficient (Wildman–Crippen LogP) is 3.36. The highest BCUT2D eigenvalue weighted by Crippen LogP contribution is 2.20. The summed E-state index contributed by atoms with van der Waals surface area (Å²) in [6, 6.07) is 6.80. The molecule has 1 atom stereocenters. The first-order chi connectivity index (χ1) is 11.2. The van der Waals surface area contributed by atoms with E-state index in [0.717, 1.165) is 0 Å². The molecule has 6 nitrogen and oxygen atoms in total. The molecular weight excluding hydrogens is 327 g/mol. The third-order valence-electron chi connectivity index (χ3n) is 2.91. The van der Waals surface area contributed by atoms with Crippen LogP contribution >= 0.6 is 0 Å². The third kappa shape index (κ3) is 5.49. The van der Waals surface area contributed by atoms with Gasteiger partial charge in [0.1, 0.15) is 11.8 Å². The second-order valence-electron chi connectivity index (χ2n) is 5.12. The first kappa shape index (κ1) is 17.6. The molecule has 0 saturated carbocycles. The monoisotopic (exact) mass is 343 g/mol. The summed E-state index contributed by atoms with van der Waals surface area (Å²) in [5.74, 6) is -0.0160. The minimum Gasteiger partial charge on any atom is -0.484 e. The Labute approximate surface area is 136 Å². The molecule has 0 saturated heterocycles. The molecule has 2 rings (SSSR count). The summed E-state index contributed by atoms with van der Waals surface area (Å²) in [6.45, 7) is 2.01. The number of hydrogen-bond donors (Lipinski definition) is 2. The first-order valence-electron chi connectivity index (χ1n) is 7.03. The first-order valence-corrected chi connectivity index (χ1v) is 7.03. The van der Waals surface area contributed by atoms with Crippen LogP contribution in [0.25, 0.3) is 0 Å². The Balaban J connectivity index is 1.87. The molecule has 24 heavy (non-hydrogen) atoms. The zero-order valence-corrected chi connectivity index (χ0v) is 13.0. The van der Waals surface area contributed by atoms with Crippen LogP contribution in [-0.4, -0.2) is 29.9 Å². The number of halogens is 3. The van der Waals surface area contributed by atoms with Crippen LogP contribution in [0, 0.1) is 6.92 Å². The minimum absolute atomic E-state index is 0.0899. The van der Waals surface area contributed by atoms with Crippen LogP contribution in [0.15, 0.2) is 34.9 Å². The van der Waals surface area contributed by atoms with Gasteiger partial charge in [-0.2, -0.15) is 13.2 Å². The van der Waals surface area contributed by atoms with Gasteiger partial charge in [0, 0.05) is 11.8 Å². The van der Waals surface area contributed by atoms with Crippen molar-refractivity contribution in [2.45, 2.75) is 26.1 Å². The molecule has 9 heteroatoms. The molecule has 0 fully saturated rings. The number of anilines is 2. The van der Waals surface area contributed by atoms with Gasteiger partial charge in [-0.05, 0) is 38.1 Å². The molecule has 1 aromatic heterocycles. The fourth-order valence-electron chi connectivity index (χ4n) is 1.78. The number of alkyl halides is 3. The predicted molar refractivity (Wildman–Crippen MR) is 80.9 cm³/mol. The van der Waals surface area contributed by atoms with E-state index in [9.17, 15) is 18.0 Å². The zero-order chi connectivity index (χ0) is 17.7. The lowest BCUT2D eigenvalue weighted by Gasteiger charge is -2.15. The van der Waals surface area contributed by atoms with Crippen molar-refractivity contribution in [2.24, 2.45) is 0 Å². The normalized spacial score (nSPS) is 12.5. The van der Waals surface area contributed by atoms with Crippen LogP contribution in [0.5, 0.6) is 5.75 Å². The highest BCUT2D eigenvalue weighted by atomic mass is 19.4. The Morgan fingerprint density at radius 3 is 2.54 bits per heavy atom. The lowest BCUT2D eigenvalue weighted by atomic mass is 10.2. The molecule has 1 heterocycles. The molecule has 1 aromatic carbocycles. The SMILES string of the molecule is Cc1cc(NC(=O)[C@H](C)Nc2ccc(OCC(F)(F)F)cc2)on1. The van der Waals surface area contributed by atoms with Gasteiger partial charge in [0.2, 0.25) is 11.8 Å². The number of benzene rings is 1. The van der Waals surface area contributed by atoms with Crippen molar-refractivity contribution in [1.82, 2.24) is 5.16 Å². The number of rotatable bonds is 6. The maximum Gasteiger partial charge on any atom is 0.422 e. The quantitative estimate of drug-likeness (QED) is 0.841. The smallest absolute Gasteiger partial charge is 0.422 e. The third-order valence-corrected chi connectivity index (χ3v) is 2.91. The molecule has 0 aliphatic heterocycles. The van der Waals surface area contributed by atoms with Crippen molar-refractivity contribution in [3.05, 3.63) is 36.0 Å². The van der Waals surface area contributed by atoms with Gasteiger partial charge in [-0.15, -0.1) is 0 Å². The number of carbonyl (C=O) groups is 1. The van der Waals surface area contributed by atoms with E-state index >= 15 is 0 Å². The molecule has 0 bridgehead atoms. The van der Waals surface area contributed by atoms with E-state index in [0.29, 0.717) is 11.4 Å². The minimum atomic E-state index is -4.39. The van der Waals surface area contributed by atoms with Gasteiger partial charge in [-0.25, -0.2) is 0 Å². The van der Waals surface area contributed by atoms with Crippen LogP contribution in [0.2, 0.25) is 0 Å². The van der Waals surface area contributed by atoms with Gasteiger partial charge in [-0.1, -0.05) is 5.16 Å². The number of hydrogen-bond acceptors (Lipinski definition) is 5. The standard InChI is InChI=1S/C15H16F3N3O3/c1-9-7-13(24-21-9)20-14(22)10(2)19-11-3-5-12(6-4-11)23-8-15(16,17)18/h3-7,10,19H,8H2,1-2H3,(H,20,22)/t10-/m0/s1. The van der Waals surface area contributed by atoms with Crippen LogP contribution in [-0.2, 0) is 4.79 Å².